The molecule has 7 heteroatoms. The van der Waals surface area contributed by atoms with Gasteiger partial charge in [0.15, 0.2) is 0 Å². The molecule has 0 saturated heterocycles. The number of ether oxygens (including phenoxy) is 2. The summed E-state index contributed by atoms with van der Waals surface area (Å²) < 4.78 is 10.6. The van der Waals surface area contributed by atoms with Crippen molar-refractivity contribution >= 4 is 17.5 Å². The number of halogens is 1. The van der Waals surface area contributed by atoms with Gasteiger partial charge in [-0.2, -0.15) is 15.0 Å². The highest BCUT2D eigenvalue weighted by Gasteiger charge is 2.08. The van der Waals surface area contributed by atoms with Crippen LogP contribution in [0.5, 0.6) is 11.8 Å². The van der Waals surface area contributed by atoms with Crippen LogP contribution in [0.3, 0.4) is 0 Å². The molecule has 2 aromatic rings. The van der Waals surface area contributed by atoms with Gasteiger partial charge in [-0.05, 0) is 29.3 Å². The van der Waals surface area contributed by atoms with Crippen molar-refractivity contribution < 1.29 is 9.47 Å². The molecule has 0 unspecified atom stereocenters. The van der Waals surface area contributed by atoms with Crippen LogP contribution >= 0.6 is 11.6 Å². The molecule has 0 amide bonds. The Bertz CT molecular complexity index is 575. The van der Waals surface area contributed by atoms with E-state index in [4.69, 9.17) is 21.1 Å². The van der Waals surface area contributed by atoms with Crippen LogP contribution < -0.4 is 14.4 Å². The van der Waals surface area contributed by atoms with Gasteiger partial charge >= 0.3 is 6.01 Å². The van der Waals surface area contributed by atoms with E-state index in [1.165, 1.54) is 0 Å². The summed E-state index contributed by atoms with van der Waals surface area (Å²) in [7, 11) is 5.26. The molecule has 0 bridgehead atoms. The molecule has 0 atom stereocenters. The maximum absolute atomic E-state index is 5.83. The lowest BCUT2D eigenvalue weighted by Crippen LogP contribution is -2.14. The van der Waals surface area contributed by atoms with Crippen LogP contribution in [-0.4, -0.2) is 36.2 Å². The molecule has 1 aromatic heterocycles. The lowest BCUT2D eigenvalue weighted by Gasteiger charge is -2.11. The standard InChI is InChI=1S/C13H15ClN4O2/c1-18(2)12-15-11(14)16-13(17-12)20-8-9-4-6-10(19-3)7-5-9/h4-7H,8H2,1-3H3. The van der Waals surface area contributed by atoms with Crippen LogP contribution in [0.1, 0.15) is 5.56 Å². The van der Waals surface area contributed by atoms with Gasteiger partial charge in [0.25, 0.3) is 0 Å². The third-order valence-electron chi connectivity index (χ3n) is 2.50. The molecule has 0 aliphatic rings. The highest BCUT2D eigenvalue weighted by atomic mass is 35.5. The average Bonchev–Trinajstić information content (AvgIpc) is 2.45. The van der Waals surface area contributed by atoms with E-state index in [0.717, 1.165) is 11.3 Å². The molecule has 2 rings (SSSR count). The van der Waals surface area contributed by atoms with E-state index in [1.807, 2.05) is 38.4 Å². The first-order valence-electron chi connectivity index (χ1n) is 5.93. The third kappa shape index (κ3) is 3.71. The predicted molar refractivity (Wildman–Crippen MR) is 76.5 cm³/mol. The molecule has 106 valence electrons. The van der Waals surface area contributed by atoms with E-state index in [-0.39, 0.29) is 11.3 Å². The molecule has 1 heterocycles. The molecule has 0 aliphatic carbocycles. The second kappa shape index (κ2) is 6.38. The molecule has 0 radical (unpaired) electrons. The SMILES string of the molecule is COc1ccc(COc2nc(Cl)nc(N(C)C)n2)cc1. The lowest BCUT2D eigenvalue weighted by atomic mass is 10.2. The van der Waals surface area contributed by atoms with Gasteiger partial charge in [0, 0.05) is 14.1 Å². The molecule has 20 heavy (non-hydrogen) atoms. The van der Waals surface area contributed by atoms with Crippen molar-refractivity contribution in [2.24, 2.45) is 0 Å². The smallest absolute Gasteiger partial charge is 0.322 e. The summed E-state index contributed by atoms with van der Waals surface area (Å²) in [6.07, 6.45) is 0. The number of anilines is 1. The fourth-order valence-electron chi connectivity index (χ4n) is 1.46. The first-order valence-corrected chi connectivity index (χ1v) is 6.31. The van der Waals surface area contributed by atoms with E-state index >= 15 is 0 Å². The van der Waals surface area contributed by atoms with Crippen LogP contribution in [-0.2, 0) is 6.61 Å². The molecule has 0 fully saturated rings. The van der Waals surface area contributed by atoms with Gasteiger partial charge in [0.05, 0.1) is 7.11 Å². The van der Waals surface area contributed by atoms with Gasteiger partial charge in [-0.25, -0.2) is 0 Å². The number of methoxy groups -OCH3 is 1. The Morgan fingerprint density at radius 1 is 1.10 bits per heavy atom. The molecule has 0 saturated carbocycles. The van der Waals surface area contributed by atoms with E-state index in [2.05, 4.69) is 15.0 Å². The Morgan fingerprint density at radius 3 is 2.40 bits per heavy atom. The van der Waals surface area contributed by atoms with E-state index < -0.39 is 0 Å². The van der Waals surface area contributed by atoms with Crippen molar-refractivity contribution in [3.05, 3.63) is 35.1 Å². The number of hydrogen-bond donors (Lipinski definition) is 0. The molecule has 0 N–H and O–H groups in total. The monoisotopic (exact) mass is 294 g/mol. The number of benzene rings is 1. The lowest BCUT2D eigenvalue weighted by molar-refractivity contribution is 0.280. The van der Waals surface area contributed by atoms with Crippen LogP contribution in [0.25, 0.3) is 0 Å². The highest BCUT2D eigenvalue weighted by Crippen LogP contribution is 2.16. The Hall–Kier alpha value is -2.08. The maximum Gasteiger partial charge on any atom is 0.322 e. The predicted octanol–water partition coefficient (Wildman–Crippen LogP) is 2.18. The zero-order chi connectivity index (χ0) is 14.5. The fraction of sp³-hybridized carbons (Fsp3) is 0.308. The Morgan fingerprint density at radius 2 is 1.80 bits per heavy atom. The normalized spacial score (nSPS) is 10.2. The number of hydrogen-bond acceptors (Lipinski definition) is 6. The highest BCUT2D eigenvalue weighted by molar-refractivity contribution is 6.28. The minimum Gasteiger partial charge on any atom is -0.497 e. The second-order valence-electron chi connectivity index (χ2n) is 4.22. The summed E-state index contributed by atoms with van der Waals surface area (Å²) in [5, 5.41) is 0.105. The van der Waals surface area contributed by atoms with Gasteiger partial charge in [0.2, 0.25) is 11.2 Å². The molecule has 6 nitrogen and oxygen atoms in total. The number of rotatable bonds is 5. The first kappa shape index (κ1) is 14.3. The number of aromatic nitrogens is 3. The second-order valence-corrected chi connectivity index (χ2v) is 4.56. The Labute approximate surface area is 122 Å². The quantitative estimate of drug-likeness (QED) is 0.842. The van der Waals surface area contributed by atoms with Gasteiger partial charge in [-0.15, -0.1) is 0 Å². The summed E-state index contributed by atoms with van der Waals surface area (Å²) in [5.74, 6) is 1.25. The summed E-state index contributed by atoms with van der Waals surface area (Å²) in [5.41, 5.74) is 0.980. The molecular formula is C13H15ClN4O2. The van der Waals surface area contributed by atoms with Crippen LogP contribution in [0.2, 0.25) is 5.28 Å². The van der Waals surface area contributed by atoms with E-state index in [9.17, 15) is 0 Å². The van der Waals surface area contributed by atoms with Crippen molar-refractivity contribution in [3.63, 3.8) is 0 Å². The molecule has 1 aromatic carbocycles. The van der Waals surface area contributed by atoms with Crippen LogP contribution in [0, 0.1) is 0 Å². The van der Waals surface area contributed by atoms with Crippen LogP contribution in [0.15, 0.2) is 24.3 Å². The summed E-state index contributed by atoms with van der Waals surface area (Å²) >= 11 is 5.83. The topological polar surface area (TPSA) is 60.4 Å². The molecule has 0 aliphatic heterocycles. The van der Waals surface area contributed by atoms with Gasteiger partial charge in [-0.1, -0.05) is 12.1 Å². The van der Waals surface area contributed by atoms with E-state index in [1.54, 1.807) is 12.0 Å². The van der Waals surface area contributed by atoms with Crippen molar-refractivity contribution in [2.45, 2.75) is 6.61 Å². The zero-order valence-electron chi connectivity index (χ0n) is 11.5. The Kier molecular flexibility index (Phi) is 4.57. The largest absolute Gasteiger partial charge is 0.497 e. The molecular weight excluding hydrogens is 280 g/mol. The van der Waals surface area contributed by atoms with Crippen molar-refractivity contribution in [1.29, 1.82) is 0 Å². The average molecular weight is 295 g/mol. The fourth-order valence-corrected chi connectivity index (χ4v) is 1.60. The minimum atomic E-state index is 0.105. The Balaban J connectivity index is 2.06. The van der Waals surface area contributed by atoms with Crippen molar-refractivity contribution in [3.8, 4) is 11.8 Å². The van der Waals surface area contributed by atoms with Crippen LogP contribution in [0.4, 0.5) is 5.95 Å². The summed E-state index contributed by atoms with van der Waals surface area (Å²) in [6.45, 7) is 0.344. The third-order valence-corrected chi connectivity index (χ3v) is 2.67. The van der Waals surface area contributed by atoms with Crippen molar-refractivity contribution in [1.82, 2.24) is 15.0 Å². The maximum atomic E-state index is 5.83. The van der Waals surface area contributed by atoms with E-state index in [0.29, 0.717) is 12.6 Å². The first-order chi connectivity index (χ1) is 9.58. The van der Waals surface area contributed by atoms with Crippen molar-refractivity contribution in [2.75, 3.05) is 26.1 Å². The summed E-state index contributed by atoms with van der Waals surface area (Å²) in [6, 6.07) is 7.75. The van der Waals surface area contributed by atoms with Gasteiger partial charge in [-0.3, -0.25) is 0 Å². The van der Waals surface area contributed by atoms with Gasteiger partial charge in [0.1, 0.15) is 12.4 Å². The summed E-state index contributed by atoms with van der Waals surface area (Å²) in [4.78, 5) is 13.8. The minimum absolute atomic E-state index is 0.105. The number of nitrogens with zero attached hydrogens (tertiary/aromatic N) is 4. The molecule has 0 spiro atoms. The van der Waals surface area contributed by atoms with Gasteiger partial charge < -0.3 is 14.4 Å². The zero-order valence-corrected chi connectivity index (χ0v) is 12.3.